The van der Waals surface area contributed by atoms with Gasteiger partial charge in [-0.3, -0.25) is 4.72 Å². The van der Waals surface area contributed by atoms with Gasteiger partial charge in [0, 0.05) is 5.56 Å². The molecule has 0 heterocycles. The average Bonchev–Trinajstić information content (AvgIpc) is 2.38. The summed E-state index contributed by atoms with van der Waals surface area (Å²) in [6.45, 7) is 3.72. The predicted molar refractivity (Wildman–Crippen MR) is 76.0 cm³/mol. The normalized spacial score (nSPS) is 12.4. The zero-order valence-electron chi connectivity index (χ0n) is 11.0. The highest BCUT2D eigenvalue weighted by molar-refractivity contribution is 7.92. The highest BCUT2D eigenvalue weighted by Gasteiger charge is 2.12. The number of hydrogen-bond acceptors (Lipinski definition) is 4. The molecule has 0 aliphatic carbocycles. The lowest BCUT2D eigenvalue weighted by atomic mass is 10.1. The number of amidine groups is 1. The zero-order valence-corrected chi connectivity index (χ0v) is 11.9. The van der Waals surface area contributed by atoms with Crippen molar-refractivity contribution in [3.8, 4) is 0 Å². The lowest BCUT2D eigenvalue weighted by Gasteiger charge is -2.11. The van der Waals surface area contributed by atoms with Gasteiger partial charge >= 0.3 is 0 Å². The molecule has 7 heteroatoms. The summed E-state index contributed by atoms with van der Waals surface area (Å²) in [5.74, 6) is 0.0190. The van der Waals surface area contributed by atoms with Crippen molar-refractivity contribution in [3.05, 3.63) is 29.3 Å². The van der Waals surface area contributed by atoms with E-state index in [4.69, 9.17) is 10.9 Å². The van der Waals surface area contributed by atoms with Crippen molar-refractivity contribution in [1.82, 2.24) is 0 Å². The molecule has 0 aliphatic heterocycles. The summed E-state index contributed by atoms with van der Waals surface area (Å²) < 4.78 is 26.2. The molecular weight excluding hydrogens is 266 g/mol. The molecule has 0 fully saturated rings. The number of sulfonamides is 1. The van der Waals surface area contributed by atoms with Gasteiger partial charge < -0.3 is 10.9 Å². The van der Waals surface area contributed by atoms with E-state index in [-0.39, 0.29) is 11.6 Å². The molecule has 0 radical (unpaired) electrons. The van der Waals surface area contributed by atoms with Gasteiger partial charge in [0.1, 0.15) is 0 Å². The van der Waals surface area contributed by atoms with Gasteiger partial charge in [0.25, 0.3) is 0 Å². The van der Waals surface area contributed by atoms with Crippen molar-refractivity contribution in [2.75, 3.05) is 10.5 Å². The minimum atomic E-state index is -3.36. The Morgan fingerprint density at radius 3 is 2.74 bits per heavy atom. The molecule has 0 atom stereocenters. The van der Waals surface area contributed by atoms with Crippen LogP contribution in [0.15, 0.2) is 23.4 Å². The minimum Gasteiger partial charge on any atom is -0.409 e. The quantitative estimate of drug-likeness (QED) is 0.320. The first kappa shape index (κ1) is 15.3. The third-order valence-electron chi connectivity index (χ3n) is 2.67. The van der Waals surface area contributed by atoms with E-state index in [0.29, 0.717) is 17.7 Å². The Bertz CT molecular complexity index is 568. The van der Waals surface area contributed by atoms with Crippen LogP contribution in [0.5, 0.6) is 0 Å². The maximum absolute atomic E-state index is 11.8. The molecule has 19 heavy (non-hydrogen) atoms. The molecule has 0 unspecified atom stereocenters. The Hall–Kier alpha value is -1.76. The lowest BCUT2D eigenvalue weighted by molar-refractivity contribution is 0.318. The Kier molecular flexibility index (Phi) is 5.17. The molecule has 0 aliphatic rings. The summed E-state index contributed by atoms with van der Waals surface area (Å²) in [5, 5.41) is 11.5. The lowest BCUT2D eigenvalue weighted by Crippen LogP contribution is -2.18. The summed E-state index contributed by atoms with van der Waals surface area (Å²) in [4.78, 5) is 0. The van der Waals surface area contributed by atoms with Gasteiger partial charge in [0.2, 0.25) is 10.0 Å². The summed E-state index contributed by atoms with van der Waals surface area (Å²) in [7, 11) is -3.36. The fourth-order valence-corrected chi connectivity index (χ4v) is 2.83. The molecule has 4 N–H and O–H groups in total. The average molecular weight is 285 g/mol. The first-order chi connectivity index (χ1) is 8.89. The fourth-order valence-electron chi connectivity index (χ4n) is 1.50. The fraction of sp³-hybridized carbons (Fsp3) is 0.417. The summed E-state index contributed by atoms with van der Waals surface area (Å²) >= 11 is 0. The van der Waals surface area contributed by atoms with Crippen molar-refractivity contribution < 1.29 is 13.6 Å². The van der Waals surface area contributed by atoms with Crippen LogP contribution in [-0.4, -0.2) is 25.2 Å². The second kappa shape index (κ2) is 6.42. The minimum absolute atomic E-state index is 0.0611. The third kappa shape index (κ3) is 4.44. The summed E-state index contributed by atoms with van der Waals surface area (Å²) in [6.07, 6.45) is 1.42. The van der Waals surface area contributed by atoms with Gasteiger partial charge in [-0.25, -0.2) is 8.42 Å². The molecule has 1 rings (SSSR count). The standard InChI is InChI=1S/C12H19N3O3S/c1-3-4-7-19(17,18)15-11-8-10(12(13)14-16)6-5-9(11)2/h5-6,8,15-16H,3-4,7H2,1-2H3,(H2,13,14). The van der Waals surface area contributed by atoms with Crippen molar-refractivity contribution in [1.29, 1.82) is 0 Å². The Labute approximate surface area is 113 Å². The monoisotopic (exact) mass is 285 g/mol. The Morgan fingerprint density at radius 1 is 1.47 bits per heavy atom. The molecule has 0 spiro atoms. The molecule has 106 valence electrons. The largest absolute Gasteiger partial charge is 0.409 e. The van der Waals surface area contributed by atoms with Crippen molar-refractivity contribution in [2.45, 2.75) is 26.7 Å². The molecule has 0 saturated heterocycles. The first-order valence-corrected chi connectivity index (χ1v) is 7.64. The Balaban J connectivity index is 3.01. The molecule has 6 nitrogen and oxygen atoms in total. The van der Waals surface area contributed by atoms with E-state index < -0.39 is 10.0 Å². The first-order valence-electron chi connectivity index (χ1n) is 5.98. The molecule has 0 aromatic heterocycles. The number of nitrogens with one attached hydrogen (secondary N) is 1. The van der Waals surface area contributed by atoms with Crippen molar-refractivity contribution in [3.63, 3.8) is 0 Å². The number of oxime groups is 1. The van der Waals surface area contributed by atoms with Crippen LogP contribution in [0, 0.1) is 6.92 Å². The van der Waals surface area contributed by atoms with Crippen LogP contribution >= 0.6 is 0 Å². The second-order valence-electron chi connectivity index (χ2n) is 4.29. The Morgan fingerprint density at radius 2 is 2.16 bits per heavy atom. The van der Waals surface area contributed by atoms with Gasteiger partial charge in [-0.15, -0.1) is 0 Å². The van der Waals surface area contributed by atoms with Crippen molar-refractivity contribution in [2.24, 2.45) is 10.9 Å². The van der Waals surface area contributed by atoms with E-state index in [2.05, 4.69) is 9.88 Å². The van der Waals surface area contributed by atoms with E-state index >= 15 is 0 Å². The molecule has 0 bridgehead atoms. The highest BCUT2D eigenvalue weighted by atomic mass is 32.2. The van der Waals surface area contributed by atoms with E-state index in [9.17, 15) is 8.42 Å². The molecular formula is C12H19N3O3S. The number of benzene rings is 1. The molecule has 0 amide bonds. The van der Waals surface area contributed by atoms with Crippen LogP contribution < -0.4 is 10.5 Å². The highest BCUT2D eigenvalue weighted by Crippen LogP contribution is 2.18. The van der Waals surface area contributed by atoms with Crippen LogP contribution in [0.2, 0.25) is 0 Å². The smallest absolute Gasteiger partial charge is 0.232 e. The summed E-state index contributed by atoms with van der Waals surface area (Å²) in [6, 6.07) is 4.92. The zero-order chi connectivity index (χ0) is 14.5. The SMILES string of the molecule is CCCCS(=O)(=O)Nc1cc(C(N)=NO)ccc1C. The van der Waals surface area contributed by atoms with Gasteiger partial charge in [0.05, 0.1) is 11.4 Å². The third-order valence-corrected chi connectivity index (χ3v) is 4.03. The number of aryl methyl sites for hydroxylation is 1. The number of nitrogens with two attached hydrogens (primary N) is 1. The van der Waals surface area contributed by atoms with Crippen LogP contribution in [0.3, 0.4) is 0 Å². The number of nitrogens with zero attached hydrogens (tertiary/aromatic N) is 1. The second-order valence-corrected chi connectivity index (χ2v) is 6.13. The topological polar surface area (TPSA) is 105 Å². The van der Waals surface area contributed by atoms with E-state index in [1.54, 1.807) is 25.1 Å². The number of anilines is 1. The van der Waals surface area contributed by atoms with Gasteiger partial charge in [-0.2, -0.15) is 0 Å². The van der Waals surface area contributed by atoms with Crippen LogP contribution in [0.1, 0.15) is 30.9 Å². The van der Waals surface area contributed by atoms with E-state index in [0.717, 1.165) is 12.0 Å². The maximum Gasteiger partial charge on any atom is 0.232 e. The number of rotatable bonds is 6. The van der Waals surface area contributed by atoms with Gasteiger partial charge in [-0.05, 0) is 25.0 Å². The number of unbranched alkanes of at least 4 members (excludes halogenated alkanes) is 1. The molecule has 0 saturated carbocycles. The van der Waals surface area contributed by atoms with Gasteiger partial charge in [0.15, 0.2) is 5.84 Å². The molecule has 1 aromatic rings. The van der Waals surface area contributed by atoms with Crippen molar-refractivity contribution >= 4 is 21.5 Å². The molecule has 1 aromatic carbocycles. The maximum atomic E-state index is 11.8. The van der Waals surface area contributed by atoms with Crippen LogP contribution in [0.25, 0.3) is 0 Å². The van der Waals surface area contributed by atoms with Crippen LogP contribution in [0.4, 0.5) is 5.69 Å². The van der Waals surface area contributed by atoms with Crippen LogP contribution in [-0.2, 0) is 10.0 Å². The van der Waals surface area contributed by atoms with Gasteiger partial charge in [-0.1, -0.05) is 30.6 Å². The number of hydrogen-bond donors (Lipinski definition) is 3. The summed E-state index contributed by atoms with van der Waals surface area (Å²) in [5.41, 5.74) is 7.16. The predicted octanol–water partition coefficient (Wildman–Crippen LogP) is 1.63. The van der Waals surface area contributed by atoms with E-state index in [1.165, 1.54) is 0 Å². The van der Waals surface area contributed by atoms with E-state index in [1.807, 2.05) is 6.92 Å².